The van der Waals surface area contributed by atoms with Gasteiger partial charge in [-0.2, -0.15) is 0 Å². The summed E-state index contributed by atoms with van der Waals surface area (Å²) >= 11 is 0. The summed E-state index contributed by atoms with van der Waals surface area (Å²) in [6.07, 6.45) is 8.02. The van der Waals surface area contributed by atoms with Crippen molar-refractivity contribution in [2.45, 2.75) is 32.1 Å². The Morgan fingerprint density at radius 2 is 2.25 bits per heavy atom. The number of halogens is 1. The van der Waals surface area contributed by atoms with Crippen molar-refractivity contribution in [3.63, 3.8) is 0 Å². The number of carbonyl (C=O) groups is 1. The molecule has 3 nitrogen and oxygen atoms in total. The Balaban J connectivity index is 1.64. The van der Waals surface area contributed by atoms with Crippen LogP contribution in [-0.4, -0.2) is 19.1 Å². The Morgan fingerprint density at radius 1 is 1.35 bits per heavy atom. The standard InChI is InChI=1S/C16H20FNO2/c17-14-7-4-8-15(11-14)20-12-16(19)18-10-9-13-5-2-1-3-6-13/h4-5,7-8,11H,1-3,6,9-10,12H2,(H,18,19). The van der Waals surface area contributed by atoms with Crippen molar-refractivity contribution in [2.75, 3.05) is 13.2 Å². The lowest BCUT2D eigenvalue weighted by Crippen LogP contribution is -2.30. The van der Waals surface area contributed by atoms with Crippen molar-refractivity contribution < 1.29 is 13.9 Å². The smallest absolute Gasteiger partial charge is 0.257 e. The van der Waals surface area contributed by atoms with E-state index in [2.05, 4.69) is 11.4 Å². The average Bonchev–Trinajstić information content (AvgIpc) is 2.46. The summed E-state index contributed by atoms with van der Waals surface area (Å²) in [4.78, 5) is 11.6. The monoisotopic (exact) mass is 277 g/mol. The third kappa shape index (κ3) is 5.03. The van der Waals surface area contributed by atoms with Crippen LogP contribution in [0.3, 0.4) is 0 Å². The van der Waals surface area contributed by atoms with E-state index in [4.69, 9.17) is 4.74 Å². The zero-order valence-electron chi connectivity index (χ0n) is 11.5. The first-order valence-electron chi connectivity index (χ1n) is 7.07. The van der Waals surface area contributed by atoms with Gasteiger partial charge in [0.25, 0.3) is 5.91 Å². The highest BCUT2D eigenvalue weighted by Crippen LogP contribution is 2.19. The average molecular weight is 277 g/mol. The maximum Gasteiger partial charge on any atom is 0.257 e. The highest BCUT2D eigenvalue weighted by atomic mass is 19.1. The molecule has 20 heavy (non-hydrogen) atoms. The molecule has 0 aliphatic heterocycles. The fraction of sp³-hybridized carbons (Fsp3) is 0.438. The van der Waals surface area contributed by atoms with Crippen LogP contribution in [-0.2, 0) is 4.79 Å². The third-order valence-corrected chi connectivity index (χ3v) is 3.32. The molecule has 0 radical (unpaired) electrons. The Hall–Kier alpha value is -1.84. The Bertz CT molecular complexity index is 485. The number of allylic oxidation sites excluding steroid dienone is 1. The molecule has 0 bridgehead atoms. The van der Waals surface area contributed by atoms with Gasteiger partial charge < -0.3 is 10.1 Å². The second-order valence-electron chi connectivity index (χ2n) is 4.95. The predicted octanol–water partition coefficient (Wildman–Crippen LogP) is 3.21. The Kier molecular flexibility index (Phi) is 5.59. The molecule has 1 aliphatic carbocycles. The van der Waals surface area contributed by atoms with Gasteiger partial charge in [0.05, 0.1) is 0 Å². The van der Waals surface area contributed by atoms with Crippen molar-refractivity contribution in [2.24, 2.45) is 0 Å². The van der Waals surface area contributed by atoms with Gasteiger partial charge in [-0.3, -0.25) is 4.79 Å². The Labute approximate surface area is 118 Å². The fourth-order valence-corrected chi connectivity index (χ4v) is 2.25. The molecular formula is C16H20FNO2. The van der Waals surface area contributed by atoms with Crippen LogP contribution in [0.1, 0.15) is 32.1 Å². The van der Waals surface area contributed by atoms with E-state index in [-0.39, 0.29) is 18.3 Å². The van der Waals surface area contributed by atoms with Crippen molar-refractivity contribution in [1.82, 2.24) is 5.32 Å². The number of hydrogen-bond acceptors (Lipinski definition) is 2. The van der Waals surface area contributed by atoms with Crippen LogP contribution in [0.2, 0.25) is 0 Å². The van der Waals surface area contributed by atoms with Gasteiger partial charge in [0.1, 0.15) is 11.6 Å². The molecule has 0 saturated heterocycles. The van der Waals surface area contributed by atoms with Crippen LogP contribution < -0.4 is 10.1 Å². The highest BCUT2D eigenvalue weighted by molar-refractivity contribution is 5.77. The lowest BCUT2D eigenvalue weighted by Gasteiger charge is -2.13. The lowest BCUT2D eigenvalue weighted by molar-refractivity contribution is -0.123. The van der Waals surface area contributed by atoms with E-state index in [0.717, 1.165) is 19.3 Å². The largest absolute Gasteiger partial charge is 0.484 e. The summed E-state index contributed by atoms with van der Waals surface area (Å²) < 4.78 is 18.1. The van der Waals surface area contributed by atoms with Gasteiger partial charge in [0.15, 0.2) is 6.61 Å². The van der Waals surface area contributed by atoms with Crippen molar-refractivity contribution >= 4 is 5.91 Å². The van der Waals surface area contributed by atoms with Crippen LogP contribution >= 0.6 is 0 Å². The molecule has 2 rings (SSSR count). The molecule has 1 aliphatic rings. The summed E-state index contributed by atoms with van der Waals surface area (Å²) in [6.45, 7) is 0.555. The number of rotatable bonds is 6. The number of ether oxygens (including phenoxy) is 1. The first kappa shape index (κ1) is 14.6. The minimum absolute atomic E-state index is 0.0809. The second kappa shape index (κ2) is 7.68. The molecular weight excluding hydrogens is 257 g/mol. The molecule has 108 valence electrons. The fourth-order valence-electron chi connectivity index (χ4n) is 2.25. The topological polar surface area (TPSA) is 38.3 Å². The number of carbonyl (C=O) groups excluding carboxylic acids is 1. The van der Waals surface area contributed by atoms with Crippen molar-refractivity contribution in [3.8, 4) is 5.75 Å². The van der Waals surface area contributed by atoms with Gasteiger partial charge in [-0.1, -0.05) is 17.7 Å². The van der Waals surface area contributed by atoms with E-state index in [1.807, 2.05) is 0 Å². The number of hydrogen-bond donors (Lipinski definition) is 1. The SMILES string of the molecule is O=C(COc1cccc(F)c1)NCCC1=CCCCC1. The maximum atomic E-state index is 12.9. The molecule has 1 aromatic carbocycles. The molecule has 0 atom stereocenters. The molecule has 4 heteroatoms. The summed E-state index contributed by atoms with van der Waals surface area (Å²) in [5, 5.41) is 2.82. The van der Waals surface area contributed by atoms with E-state index in [9.17, 15) is 9.18 Å². The van der Waals surface area contributed by atoms with Crippen molar-refractivity contribution in [1.29, 1.82) is 0 Å². The number of amides is 1. The van der Waals surface area contributed by atoms with E-state index >= 15 is 0 Å². The normalized spacial score (nSPS) is 14.6. The summed E-state index contributed by atoms with van der Waals surface area (Å²) in [5.74, 6) is -0.173. The van der Waals surface area contributed by atoms with Gasteiger partial charge in [-0.15, -0.1) is 0 Å². The highest BCUT2D eigenvalue weighted by Gasteiger charge is 2.06. The van der Waals surface area contributed by atoms with Crippen molar-refractivity contribution in [3.05, 3.63) is 41.7 Å². The Morgan fingerprint density at radius 3 is 3.00 bits per heavy atom. The van der Waals surface area contributed by atoms with Crippen LogP contribution in [0.5, 0.6) is 5.75 Å². The first-order chi connectivity index (χ1) is 9.74. The van der Waals surface area contributed by atoms with Crippen LogP contribution in [0.15, 0.2) is 35.9 Å². The molecule has 1 aromatic rings. The minimum Gasteiger partial charge on any atom is -0.484 e. The molecule has 1 N–H and O–H groups in total. The van der Waals surface area contributed by atoms with E-state index in [0.29, 0.717) is 12.3 Å². The van der Waals surface area contributed by atoms with E-state index in [1.54, 1.807) is 12.1 Å². The zero-order chi connectivity index (χ0) is 14.2. The summed E-state index contributed by atoms with van der Waals surface area (Å²) in [7, 11) is 0. The molecule has 0 spiro atoms. The zero-order valence-corrected chi connectivity index (χ0v) is 11.5. The molecule has 1 amide bonds. The quantitative estimate of drug-likeness (QED) is 0.811. The van der Waals surface area contributed by atoms with Gasteiger partial charge >= 0.3 is 0 Å². The third-order valence-electron chi connectivity index (χ3n) is 3.32. The molecule has 0 heterocycles. The first-order valence-corrected chi connectivity index (χ1v) is 7.07. The molecule has 0 aromatic heterocycles. The maximum absolute atomic E-state index is 12.9. The van der Waals surface area contributed by atoms with Crippen LogP contribution in [0.4, 0.5) is 4.39 Å². The summed E-state index contributed by atoms with van der Waals surface area (Å²) in [6, 6.07) is 5.78. The van der Waals surface area contributed by atoms with Gasteiger partial charge in [-0.05, 0) is 44.2 Å². The minimum atomic E-state index is -0.368. The number of benzene rings is 1. The lowest BCUT2D eigenvalue weighted by atomic mass is 9.97. The van der Waals surface area contributed by atoms with Gasteiger partial charge in [0.2, 0.25) is 0 Å². The molecule has 0 fully saturated rings. The predicted molar refractivity (Wildman–Crippen MR) is 76.1 cm³/mol. The number of nitrogens with one attached hydrogen (secondary N) is 1. The summed E-state index contributed by atoms with van der Waals surface area (Å²) in [5.41, 5.74) is 1.43. The van der Waals surface area contributed by atoms with E-state index in [1.165, 1.54) is 30.5 Å². The van der Waals surface area contributed by atoms with Crippen LogP contribution in [0, 0.1) is 5.82 Å². The molecule has 0 saturated carbocycles. The van der Waals surface area contributed by atoms with Crippen LogP contribution in [0.25, 0.3) is 0 Å². The van der Waals surface area contributed by atoms with Gasteiger partial charge in [-0.25, -0.2) is 4.39 Å². The van der Waals surface area contributed by atoms with Gasteiger partial charge in [0, 0.05) is 12.6 Å². The molecule has 0 unspecified atom stereocenters. The second-order valence-corrected chi connectivity index (χ2v) is 4.95. The van der Waals surface area contributed by atoms with E-state index < -0.39 is 0 Å².